The second kappa shape index (κ2) is 4.90. The number of aliphatic carboxylic acids is 1. The van der Waals surface area contributed by atoms with Gasteiger partial charge in [-0.25, -0.2) is 9.78 Å². The first-order chi connectivity index (χ1) is 7.79. The molecule has 0 amide bonds. The molecule has 96 valence electrons. The molecule has 0 saturated carbocycles. The lowest BCUT2D eigenvalue weighted by molar-refractivity contribution is -0.147. The van der Waals surface area contributed by atoms with Crippen molar-refractivity contribution in [1.82, 2.24) is 9.55 Å². The lowest BCUT2D eigenvalue weighted by atomic mass is 9.90. The Morgan fingerprint density at radius 2 is 2.06 bits per heavy atom. The van der Waals surface area contributed by atoms with Gasteiger partial charge in [0.2, 0.25) is 0 Å². The highest BCUT2D eigenvalue weighted by atomic mass is 16.4. The van der Waals surface area contributed by atoms with Gasteiger partial charge in [-0.1, -0.05) is 27.7 Å². The van der Waals surface area contributed by atoms with Gasteiger partial charge in [-0.15, -0.1) is 0 Å². The molecule has 1 N–H and O–H groups in total. The molecule has 0 fully saturated rings. The molecule has 0 aliphatic heterocycles. The minimum atomic E-state index is -0.912. The van der Waals surface area contributed by atoms with E-state index in [1.807, 2.05) is 27.7 Å². The molecule has 0 saturated heterocycles. The number of carbonyl (C=O) groups is 1. The van der Waals surface area contributed by atoms with E-state index in [2.05, 4.69) is 4.98 Å². The number of carboxylic acids is 1. The van der Waals surface area contributed by atoms with E-state index in [0.717, 1.165) is 5.82 Å². The van der Waals surface area contributed by atoms with Crippen molar-refractivity contribution in [1.29, 1.82) is 0 Å². The van der Waals surface area contributed by atoms with Crippen molar-refractivity contribution in [3.05, 3.63) is 18.2 Å². The normalized spacial score (nSPS) is 15.2. The highest BCUT2D eigenvalue weighted by Gasteiger charge is 2.37. The van der Waals surface area contributed by atoms with E-state index in [0.29, 0.717) is 12.3 Å². The molecule has 0 aliphatic carbocycles. The lowest BCUT2D eigenvalue weighted by Gasteiger charge is -2.30. The maximum Gasteiger partial charge on any atom is 0.329 e. The maximum absolute atomic E-state index is 11.6. The average Bonchev–Trinajstić information content (AvgIpc) is 2.64. The lowest BCUT2D eigenvalue weighted by Crippen LogP contribution is -2.41. The van der Waals surface area contributed by atoms with Crippen LogP contribution >= 0.6 is 0 Å². The van der Waals surface area contributed by atoms with E-state index in [4.69, 9.17) is 0 Å². The highest BCUT2D eigenvalue weighted by molar-refractivity contribution is 5.76. The van der Waals surface area contributed by atoms with Gasteiger partial charge < -0.3 is 9.67 Å². The Morgan fingerprint density at radius 1 is 1.47 bits per heavy atom. The summed E-state index contributed by atoms with van der Waals surface area (Å²) in [5.74, 6) is 0.566. The van der Waals surface area contributed by atoms with Crippen LogP contribution in [-0.2, 0) is 10.3 Å². The Hall–Kier alpha value is -1.32. The molecule has 1 unspecified atom stereocenters. The third-order valence-electron chi connectivity index (χ3n) is 2.98. The van der Waals surface area contributed by atoms with Gasteiger partial charge in [-0.05, 0) is 19.3 Å². The number of aromatic nitrogens is 2. The van der Waals surface area contributed by atoms with Crippen molar-refractivity contribution in [2.24, 2.45) is 5.92 Å². The monoisotopic (exact) mass is 238 g/mol. The summed E-state index contributed by atoms with van der Waals surface area (Å²) in [6.07, 6.45) is 4.04. The van der Waals surface area contributed by atoms with Crippen LogP contribution in [-0.4, -0.2) is 20.6 Å². The van der Waals surface area contributed by atoms with Crippen LogP contribution in [0.4, 0.5) is 0 Å². The van der Waals surface area contributed by atoms with Crippen molar-refractivity contribution in [2.75, 3.05) is 0 Å². The molecule has 1 aromatic rings. The number of carboxylic acid groups (broad SMARTS) is 1. The number of nitrogens with zero attached hydrogens (tertiary/aromatic N) is 2. The molecule has 1 atom stereocenters. The Bertz CT molecular complexity index is 396. The summed E-state index contributed by atoms with van der Waals surface area (Å²) in [7, 11) is 0. The number of hydrogen-bond acceptors (Lipinski definition) is 2. The minimum absolute atomic E-state index is 0.218. The molecule has 1 heterocycles. The van der Waals surface area contributed by atoms with Crippen LogP contribution < -0.4 is 0 Å². The highest BCUT2D eigenvalue weighted by Crippen LogP contribution is 2.29. The average molecular weight is 238 g/mol. The van der Waals surface area contributed by atoms with Gasteiger partial charge in [0.1, 0.15) is 11.4 Å². The fourth-order valence-electron chi connectivity index (χ4n) is 2.24. The summed E-state index contributed by atoms with van der Waals surface area (Å²) in [5, 5.41) is 9.51. The zero-order valence-corrected chi connectivity index (χ0v) is 11.3. The van der Waals surface area contributed by atoms with Crippen LogP contribution in [0.25, 0.3) is 0 Å². The van der Waals surface area contributed by atoms with Gasteiger partial charge in [0.15, 0.2) is 0 Å². The van der Waals surface area contributed by atoms with E-state index in [9.17, 15) is 9.90 Å². The molecule has 0 aromatic carbocycles. The van der Waals surface area contributed by atoms with E-state index >= 15 is 0 Å². The molecule has 4 heteroatoms. The molecule has 0 aliphatic rings. The topological polar surface area (TPSA) is 55.1 Å². The van der Waals surface area contributed by atoms with Crippen molar-refractivity contribution >= 4 is 5.97 Å². The quantitative estimate of drug-likeness (QED) is 0.858. The van der Waals surface area contributed by atoms with Crippen LogP contribution in [0.5, 0.6) is 0 Å². The van der Waals surface area contributed by atoms with E-state index in [-0.39, 0.29) is 5.92 Å². The van der Waals surface area contributed by atoms with E-state index < -0.39 is 11.5 Å². The van der Waals surface area contributed by atoms with Gasteiger partial charge in [0.05, 0.1) is 0 Å². The first kappa shape index (κ1) is 13.7. The molecule has 17 heavy (non-hydrogen) atoms. The van der Waals surface area contributed by atoms with Crippen LogP contribution in [0.1, 0.15) is 52.8 Å². The predicted molar refractivity (Wildman–Crippen MR) is 67.1 cm³/mol. The van der Waals surface area contributed by atoms with Crippen LogP contribution in [0.3, 0.4) is 0 Å². The summed E-state index contributed by atoms with van der Waals surface area (Å²) in [6.45, 7) is 9.89. The molecule has 0 bridgehead atoms. The zero-order chi connectivity index (χ0) is 13.2. The van der Waals surface area contributed by atoms with Gasteiger partial charge in [0.25, 0.3) is 0 Å². The molecular formula is C13H22N2O2. The van der Waals surface area contributed by atoms with Gasteiger partial charge in [0, 0.05) is 18.3 Å². The van der Waals surface area contributed by atoms with Crippen molar-refractivity contribution in [3.8, 4) is 0 Å². The summed E-state index contributed by atoms with van der Waals surface area (Å²) in [6, 6.07) is 0. The van der Waals surface area contributed by atoms with E-state index in [1.54, 1.807) is 23.9 Å². The fourth-order valence-corrected chi connectivity index (χ4v) is 2.24. The number of rotatable bonds is 5. The predicted octanol–water partition coefficient (Wildman–Crippen LogP) is 2.85. The third-order valence-corrected chi connectivity index (χ3v) is 2.98. The van der Waals surface area contributed by atoms with Gasteiger partial charge in [-0.3, -0.25) is 0 Å². The third kappa shape index (κ3) is 2.68. The Labute approximate surface area is 103 Å². The van der Waals surface area contributed by atoms with Crippen LogP contribution in [0, 0.1) is 5.92 Å². The molecule has 4 nitrogen and oxygen atoms in total. The molecule has 1 rings (SSSR count). The summed E-state index contributed by atoms with van der Waals surface area (Å²) in [4.78, 5) is 15.9. The maximum atomic E-state index is 11.6. The number of hydrogen-bond donors (Lipinski definition) is 1. The largest absolute Gasteiger partial charge is 0.479 e. The Morgan fingerprint density at radius 3 is 2.47 bits per heavy atom. The van der Waals surface area contributed by atoms with Crippen molar-refractivity contribution in [3.63, 3.8) is 0 Å². The van der Waals surface area contributed by atoms with Crippen LogP contribution in [0.2, 0.25) is 0 Å². The number of imidazole rings is 1. The summed E-state index contributed by atoms with van der Waals surface area (Å²) in [5.41, 5.74) is -0.912. The molecule has 0 spiro atoms. The molecular weight excluding hydrogens is 216 g/mol. The smallest absolute Gasteiger partial charge is 0.329 e. The fraction of sp³-hybridized carbons (Fsp3) is 0.692. The minimum Gasteiger partial charge on any atom is -0.479 e. The van der Waals surface area contributed by atoms with Crippen LogP contribution in [0.15, 0.2) is 12.4 Å². The Balaban J connectivity index is 3.23. The standard InChI is InChI=1S/C13H22N2O2/c1-9(2)8-13(5,12(16)17)15-7-6-14-11(15)10(3)4/h6-7,9-10H,8H2,1-5H3,(H,16,17). The van der Waals surface area contributed by atoms with Gasteiger partial charge in [-0.2, -0.15) is 0 Å². The second-order valence-corrected chi connectivity index (χ2v) is 5.49. The zero-order valence-electron chi connectivity index (χ0n) is 11.3. The first-order valence-corrected chi connectivity index (χ1v) is 6.06. The SMILES string of the molecule is CC(C)CC(C)(C(=O)O)n1ccnc1C(C)C. The second-order valence-electron chi connectivity index (χ2n) is 5.49. The summed E-state index contributed by atoms with van der Waals surface area (Å²) < 4.78 is 1.81. The molecule has 1 aromatic heterocycles. The summed E-state index contributed by atoms with van der Waals surface area (Å²) >= 11 is 0. The van der Waals surface area contributed by atoms with Crippen molar-refractivity contribution in [2.45, 2.75) is 52.5 Å². The van der Waals surface area contributed by atoms with Gasteiger partial charge >= 0.3 is 5.97 Å². The van der Waals surface area contributed by atoms with Crippen molar-refractivity contribution < 1.29 is 9.90 Å². The molecule has 0 radical (unpaired) electrons. The first-order valence-electron chi connectivity index (χ1n) is 6.06. The Kier molecular flexibility index (Phi) is 3.96. The van der Waals surface area contributed by atoms with E-state index in [1.165, 1.54) is 0 Å².